The van der Waals surface area contributed by atoms with Crippen molar-refractivity contribution in [1.29, 1.82) is 0 Å². The molecule has 0 radical (unpaired) electrons. The number of amides is 1. The molecule has 1 amide bonds. The zero-order valence-corrected chi connectivity index (χ0v) is 7.37. The molecule has 4 nitrogen and oxygen atoms in total. The van der Waals surface area contributed by atoms with Crippen molar-refractivity contribution in [2.45, 2.75) is 6.04 Å². The van der Waals surface area contributed by atoms with Gasteiger partial charge in [-0.3, -0.25) is 4.79 Å². The van der Waals surface area contributed by atoms with Gasteiger partial charge in [0.15, 0.2) is 0 Å². The molecule has 0 unspecified atom stereocenters. The minimum Gasteiger partial charge on any atom is -0.369 e. The first kappa shape index (κ1) is 9.08. The molecule has 14 heavy (non-hydrogen) atoms. The lowest BCUT2D eigenvalue weighted by molar-refractivity contribution is -0.131. The average Bonchev–Trinajstić information content (AvgIpc) is 2.18. The van der Waals surface area contributed by atoms with Gasteiger partial charge in [0.05, 0.1) is 18.3 Å². The minimum absolute atomic E-state index is 0.0613. The van der Waals surface area contributed by atoms with E-state index in [0.29, 0.717) is 12.3 Å². The summed E-state index contributed by atoms with van der Waals surface area (Å²) >= 11 is 0. The fraction of sp³-hybridized carbons (Fsp3) is 0.333. The molecule has 0 aromatic carbocycles. The number of hydrogen-bond acceptors (Lipinski definition) is 3. The largest absolute Gasteiger partial charge is 0.369 e. The SMILES string of the molecule is O=C1COC[C@@H](c2cccc(F)n2)N1. The predicted molar refractivity (Wildman–Crippen MR) is 45.9 cm³/mol. The van der Waals surface area contributed by atoms with Crippen molar-refractivity contribution < 1.29 is 13.9 Å². The van der Waals surface area contributed by atoms with Gasteiger partial charge < -0.3 is 10.1 Å². The highest BCUT2D eigenvalue weighted by atomic mass is 19.1. The van der Waals surface area contributed by atoms with Gasteiger partial charge in [0.1, 0.15) is 6.61 Å². The van der Waals surface area contributed by atoms with E-state index in [1.54, 1.807) is 12.1 Å². The zero-order valence-electron chi connectivity index (χ0n) is 7.37. The molecule has 1 N–H and O–H groups in total. The van der Waals surface area contributed by atoms with Crippen LogP contribution in [0, 0.1) is 5.95 Å². The normalized spacial score (nSPS) is 21.8. The summed E-state index contributed by atoms with van der Waals surface area (Å²) in [6.07, 6.45) is 0. The van der Waals surface area contributed by atoms with E-state index in [4.69, 9.17) is 4.74 Å². The van der Waals surface area contributed by atoms with E-state index in [1.165, 1.54) is 6.07 Å². The topological polar surface area (TPSA) is 51.2 Å². The maximum Gasteiger partial charge on any atom is 0.246 e. The highest BCUT2D eigenvalue weighted by Gasteiger charge is 2.21. The molecule has 1 aliphatic rings. The summed E-state index contributed by atoms with van der Waals surface area (Å²) in [6.45, 7) is 0.397. The smallest absolute Gasteiger partial charge is 0.246 e. The van der Waals surface area contributed by atoms with Crippen LogP contribution in [0.3, 0.4) is 0 Å². The molecule has 0 spiro atoms. The number of aromatic nitrogens is 1. The summed E-state index contributed by atoms with van der Waals surface area (Å²) in [4.78, 5) is 14.6. The first-order valence-electron chi connectivity index (χ1n) is 4.25. The molecule has 1 saturated heterocycles. The number of morpholine rings is 1. The van der Waals surface area contributed by atoms with Crippen molar-refractivity contribution in [2.75, 3.05) is 13.2 Å². The van der Waals surface area contributed by atoms with Gasteiger partial charge in [-0.15, -0.1) is 0 Å². The average molecular weight is 196 g/mol. The van der Waals surface area contributed by atoms with Gasteiger partial charge in [-0.05, 0) is 12.1 Å². The van der Waals surface area contributed by atoms with E-state index in [9.17, 15) is 9.18 Å². The highest BCUT2D eigenvalue weighted by Crippen LogP contribution is 2.13. The Kier molecular flexibility index (Phi) is 2.41. The number of ether oxygens (including phenoxy) is 1. The van der Waals surface area contributed by atoms with Crippen LogP contribution in [0.1, 0.15) is 11.7 Å². The molecular formula is C9H9FN2O2. The zero-order chi connectivity index (χ0) is 9.97. The summed E-state index contributed by atoms with van der Waals surface area (Å²) in [6, 6.07) is 4.13. The van der Waals surface area contributed by atoms with Gasteiger partial charge in [-0.1, -0.05) is 6.07 Å². The molecule has 2 heterocycles. The third kappa shape index (κ3) is 1.88. The van der Waals surface area contributed by atoms with Crippen LogP contribution < -0.4 is 5.32 Å². The van der Waals surface area contributed by atoms with E-state index in [-0.39, 0.29) is 18.6 Å². The lowest BCUT2D eigenvalue weighted by Crippen LogP contribution is -2.40. The summed E-state index contributed by atoms with van der Waals surface area (Å²) < 4.78 is 17.8. The number of carbonyl (C=O) groups excluding carboxylic acids is 1. The second kappa shape index (κ2) is 3.71. The number of halogens is 1. The fourth-order valence-electron chi connectivity index (χ4n) is 1.32. The summed E-state index contributed by atoms with van der Waals surface area (Å²) in [5.41, 5.74) is 0.484. The maximum absolute atomic E-state index is 12.8. The molecule has 1 aliphatic heterocycles. The minimum atomic E-state index is -0.553. The van der Waals surface area contributed by atoms with E-state index in [2.05, 4.69) is 10.3 Å². The molecular weight excluding hydrogens is 187 g/mol. The van der Waals surface area contributed by atoms with Gasteiger partial charge in [0, 0.05) is 0 Å². The second-order valence-corrected chi connectivity index (χ2v) is 3.02. The van der Waals surface area contributed by atoms with E-state index in [0.717, 1.165) is 0 Å². The first-order valence-corrected chi connectivity index (χ1v) is 4.25. The van der Waals surface area contributed by atoms with Crippen LogP contribution >= 0.6 is 0 Å². The Morgan fingerprint density at radius 1 is 1.57 bits per heavy atom. The number of pyridine rings is 1. The van der Waals surface area contributed by atoms with Crippen molar-refractivity contribution in [3.63, 3.8) is 0 Å². The Labute approximate surface area is 80.1 Å². The highest BCUT2D eigenvalue weighted by molar-refractivity contribution is 5.78. The second-order valence-electron chi connectivity index (χ2n) is 3.02. The Balaban J connectivity index is 2.17. The van der Waals surface area contributed by atoms with E-state index >= 15 is 0 Å². The molecule has 5 heteroatoms. The Bertz CT molecular complexity index is 356. The Morgan fingerprint density at radius 2 is 2.43 bits per heavy atom. The van der Waals surface area contributed by atoms with E-state index in [1.807, 2.05) is 0 Å². The predicted octanol–water partition coefficient (Wildman–Crippen LogP) is 0.408. The van der Waals surface area contributed by atoms with Crippen LogP contribution in [0.4, 0.5) is 4.39 Å². The van der Waals surface area contributed by atoms with Crippen molar-refractivity contribution in [3.8, 4) is 0 Å². The van der Waals surface area contributed by atoms with Crippen molar-refractivity contribution in [1.82, 2.24) is 10.3 Å². The third-order valence-corrected chi connectivity index (χ3v) is 1.95. The molecule has 74 valence electrons. The number of nitrogens with zero attached hydrogens (tertiary/aromatic N) is 1. The first-order chi connectivity index (χ1) is 6.75. The molecule has 1 atom stereocenters. The Hall–Kier alpha value is -1.49. The summed E-state index contributed by atoms with van der Waals surface area (Å²) in [5, 5.41) is 2.67. The van der Waals surface area contributed by atoms with Gasteiger partial charge in [-0.25, -0.2) is 4.98 Å². The van der Waals surface area contributed by atoms with Gasteiger partial charge >= 0.3 is 0 Å². The fourth-order valence-corrected chi connectivity index (χ4v) is 1.32. The van der Waals surface area contributed by atoms with E-state index < -0.39 is 5.95 Å². The van der Waals surface area contributed by atoms with Crippen molar-refractivity contribution in [3.05, 3.63) is 29.8 Å². The summed E-state index contributed by atoms with van der Waals surface area (Å²) in [7, 11) is 0. The summed E-state index contributed by atoms with van der Waals surface area (Å²) in [5.74, 6) is -0.755. The van der Waals surface area contributed by atoms with Gasteiger partial charge in [0.25, 0.3) is 0 Å². The number of hydrogen-bond donors (Lipinski definition) is 1. The molecule has 1 aromatic rings. The van der Waals surface area contributed by atoms with Crippen LogP contribution in [0.25, 0.3) is 0 Å². The molecule has 0 bridgehead atoms. The standard InChI is InChI=1S/C9H9FN2O2/c10-8-3-1-2-6(11-8)7-4-14-5-9(13)12-7/h1-3,7H,4-5H2,(H,12,13)/t7-/m0/s1. The van der Waals surface area contributed by atoms with Crippen molar-refractivity contribution >= 4 is 5.91 Å². The molecule has 1 fully saturated rings. The number of carbonyl (C=O) groups is 1. The van der Waals surface area contributed by atoms with Gasteiger partial charge in [-0.2, -0.15) is 4.39 Å². The van der Waals surface area contributed by atoms with Crippen molar-refractivity contribution in [2.24, 2.45) is 0 Å². The molecule has 1 aromatic heterocycles. The lowest BCUT2D eigenvalue weighted by Gasteiger charge is -2.22. The third-order valence-electron chi connectivity index (χ3n) is 1.95. The monoisotopic (exact) mass is 196 g/mol. The van der Waals surface area contributed by atoms with Gasteiger partial charge in [0.2, 0.25) is 11.9 Å². The van der Waals surface area contributed by atoms with Crippen LogP contribution in [-0.4, -0.2) is 24.1 Å². The molecule has 0 saturated carbocycles. The quantitative estimate of drug-likeness (QED) is 0.662. The molecule has 0 aliphatic carbocycles. The lowest BCUT2D eigenvalue weighted by atomic mass is 10.2. The van der Waals surface area contributed by atoms with Crippen LogP contribution in [0.2, 0.25) is 0 Å². The number of nitrogens with one attached hydrogen (secondary N) is 1. The van der Waals surface area contributed by atoms with Crippen LogP contribution in [0.15, 0.2) is 18.2 Å². The van der Waals surface area contributed by atoms with Crippen LogP contribution in [0.5, 0.6) is 0 Å². The molecule has 2 rings (SSSR count). The van der Waals surface area contributed by atoms with Crippen LogP contribution in [-0.2, 0) is 9.53 Å². The maximum atomic E-state index is 12.8. The number of rotatable bonds is 1. The Morgan fingerprint density at radius 3 is 3.14 bits per heavy atom.